The molecule has 2 saturated heterocycles. The maximum atomic E-state index is 12.4. The Hall–Kier alpha value is -2.33. The molecule has 2 heterocycles. The summed E-state index contributed by atoms with van der Waals surface area (Å²) >= 11 is 0. The number of urea groups is 1. The summed E-state index contributed by atoms with van der Waals surface area (Å²) < 4.78 is 0. The second kappa shape index (κ2) is 9.24. The van der Waals surface area contributed by atoms with Gasteiger partial charge in [-0.3, -0.25) is 0 Å². The third-order valence-corrected chi connectivity index (χ3v) is 6.47. The average Bonchev–Trinajstić information content (AvgIpc) is 2.72. The van der Waals surface area contributed by atoms with E-state index in [0.717, 1.165) is 24.8 Å². The Morgan fingerprint density at radius 1 is 0.893 bits per heavy atom. The molecule has 4 nitrogen and oxygen atoms in total. The predicted molar refractivity (Wildman–Crippen MR) is 112 cm³/mol. The molecule has 4 atom stereocenters. The summed E-state index contributed by atoms with van der Waals surface area (Å²) in [6, 6.07) is 22.6. The summed E-state index contributed by atoms with van der Waals surface area (Å²) in [5.74, 6) is 0. The number of carbonyl (C=O) groups excluding carboxylic acids is 1. The number of benzene rings is 2. The van der Waals surface area contributed by atoms with Gasteiger partial charge in [-0.25, -0.2) is 4.79 Å². The predicted octanol–water partition coefficient (Wildman–Crippen LogP) is 2.70. The van der Waals surface area contributed by atoms with Crippen molar-refractivity contribution in [1.29, 1.82) is 0 Å². The fourth-order valence-corrected chi connectivity index (χ4v) is 5.11. The maximum Gasteiger partial charge on any atom is 0.315 e. The largest absolute Gasteiger partial charge is 0.335 e. The number of fused-ring (bicyclic) bond motifs is 2. The van der Waals surface area contributed by atoms with Crippen LogP contribution in [0.15, 0.2) is 60.7 Å². The molecule has 0 radical (unpaired) electrons. The van der Waals surface area contributed by atoms with Gasteiger partial charge in [-0.2, -0.15) is 0 Å². The Kier molecular flexibility index (Phi) is 6.27. The minimum atomic E-state index is -0.0281. The molecular weight excluding hydrogens is 346 g/mol. The van der Waals surface area contributed by atoms with Gasteiger partial charge in [0.05, 0.1) is 18.6 Å². The van der Waals surface area contributed by atoms with Gasteiger partial charge in [0, 0.05) is 31.8 Å². The molecule has 0 aliphatic carbocycles. The van der Waals surface area contributed by atoms with Crippen LogP contribution in [0.5, 0.6) is 0 Å². The zero-order valence-electron chi connectivity index (χ0n) is 16.6. The van der Waals surface area contributed by atoms with Gasteiger partial charge in [0.2, 0.25) is 0 Å². The minimum Gasteiger partial charge on any atom is -0.335 e. The number of quaternary nitrogens is 1. The standard InChI is InChI=1S/C24H31N3O/c28-24(25-18-20-10-5-2-6-11-20)26-21-16-22-12-7-13-23(17-21)27(22)15-14-19-8-3-1-4-9-19/h1-6,8-11,21-23H,7,12-18H2,(H2,25,26,28)/p+1/t21?,22-,23+. The number of hydrogen-bond acceptors (Lipinski definition) is 1. The topological polar surface area (TPSA) is 45.6 Å². The highest BCUT2D eigenvalue weighted by Gasteiger charge is 2.41. The molecule has 0 aromatic heterocycles. The zero-order valence-corrected chi connectivity index (χ0v) is 16.6. The van der Waals surface area contributed by atoms with Gasteiger partial charge in [-0.05, 0) is 30.4 Å². The van der Waals surface area contributed by atoms with E-state index in [4.69, 9.17) is 0 Å². The van der Waals surface area contributed by atoms with Crippen LogP contribution in [0.25, 0.3) is 0 Å². The highest BCUT2D eigenvalue weighted by atomic mass is 16.2. The number of amides is 2. The van der Waals surface area contributed by atoms with Gasteiger partial charge in [-0.1, -0.05) is 60.7 Å². The highest BCUT2D eigenvalue weighted by molar-refractivity contribution is 5.74. The first-order valence-electron chi connectivity index (χ1n) is 10.8. The average molecular weight is 379 g/mol. The highest BCUT2D eigenvalue weighted by Crippen LogP contribution is 2.22. The van der Waals surface area contributed by atoms with E-state index in [-0.39, 0.29) is 6.03 Å². The molecule has 4 rings (SSSR count). The summed E-state index contributed by atoms with van der Waals surface area (Å²) in [6.45, 7) is 1.80. The molecule has 2 bridgehead atoms. The van der Waals surface area contributed by atoms with Crippen LogP contribution in [0.1, 0.15) is 43.2 Å². The fourth-order valence-electron chi connectivity index (χ4n) is 5.11. The number of rotatable bonds is 6. The van der Waals surface area contributed by atoms with Gasteiger partial charge < -0.3 is 15.5 Å². The van der Waals surface area contributed by atoms with Crippen molar-refractivity contribution in [3.8, 4) is 0 Å². The van der Waals surface area contributed by atoms with Gasteiger partial charge in [0.1, 0.15) is 0 Å². The lowest BCUT2D eigenvalue weighted by molar-refractivity contribution is -0.960. The van der Waals surface area contributed by atoms with E-state index in [1.54, 1.807) is 4.90 Å². The number of nitrogens with one attached hydrogen (secondary N) is 3. The molecule has 2 aromatic rings. The Bertz CT molecular complexity index is 735. The van der Waals surface area contributed by atoms with Crippen LogP contribution in [0.3, 0.4) is 0 Å². The van der Waals surface area contributed by atoms with Gasteiger partial charge in [0.25, 0.3) is 0 Å². The van der Waals surface area contributed by atoms with Crippen molar-refractivity contribution in [3.05, 3.63) is 71.8 Å². The summed E-state index contributed by atoms with van der Waals surface area (Å²) in [5, 5.41) is 6.26. The fraction of sp³-hybridized carbons (Fsp3) is 0.458. The van der Waals surface area contributed by atoms with Gasteiger partial charge >= 0.3 is 6.03 Å². The van der Waals surface area contributed by atoms with E-state index in [1.807, 2.05) is 30.3 Å². The first-order valence-corrected chi connectivity index (χ1v) is 10.8. The normalized spacial score (nSPS) is 26.4. The lowest BCUT2D eigenvalue weighted by Gasteiger charge is -2.46. The molecule has 3 N–H and O–H groups in total. The van der Waals surface area contributed by atoms with E-state index in [1.165, 1.54) is 31.4 Å². The number of piperidine rings is 2. The van der Waals surface area contributed by atoms with Crippen molar-refractivity contribution in [2.45, 2.75) is 63.2 Å². The van der Waals surface area contributed by atoms with E-state index in [2.05, 4.69) is 41.0 Å². The molecule has 0 spiro atoms. The molecule has 0 saturated carbocycles. The van der Waals surface area contributed by atoms with Crippen LogP contribution in [-0.2, 0) is 13.0 Å². The van der Waals surface area contributed by atoms with E-state index >= 15 is 0 Å². The van der Waals surface area contributed by atoms with Gasteiger partial charge in [0.15, 0.2) is 0 Å². The molecule has 2 aromatic carbocycles. The third kappa shape index (κ3) is 4.93. The summed E-state index contributed by atoms with van der Waals surface area (Å²) in [5.41, 5.74) is 2.57. The molecule has 2 fully saturated rings. The van der Waals surface area contributed by atoms with Crippen LogP contribution in [-0.4, -0.2) is 30.7 Å². The molecule has 2 unspecified atom stereocenters. The van der Waals surface area contributed by atoms with Crippen molar-refractivity contribution < 1.29 is 9.69 Å². The van der Waals surface area contributed by atoms with E-state index in [0.29, 0.717) is 24.7 Å². The molecule has 4 heteroatoms. The van der Waals surface area contributed by atoms with Crippen molar-refractivity contribution in [1.82, 2.24) is 10.6 Å². The molecule has 2 aliphatic rings. The Balaban J connectivity index is 1.27. The summed E-state index contributed by atoms with van der Waals surface area (Å²) in [6.07, 6.45) is 7.31. The van der Waals surface area contributed by atoms with Gasteiger partial charge in [-0.15, -0.1) is 0 Å². The second-order valence-electron chi connectivity index (χ2n) is 8.37. The SMILES string of the molecule is O=C(NCc1ccccc1)NC1C[C@H]2CCC[C@@H](C1)[NH+]2CCc1ccccc1. The van der Waals surface area contributed by atoms with Crippen molar-refractivity contribution >= 4 is 6.03 Å². The van der Waals surface area contributed by atoms with Crippen molar-refractivity contribution in [2.75, 3.05) is 6.54 Å². The van der Waals surface area contributed by atoms with Crippen LogP contribution < -0.4 is 15.5 Å². The van der Waals surface area contributed by atoms with Crippen LogP contribution in [0.2, 0.25) is 0 Å². The number of carbonyl (C=O) groups is 1. The van der Waals surface area contributed by atoms with Crippen LogP contribution in [0, 0.1) is 0 Å². The third-order valence-electron chi connectivity index (χ3n) is 6.47. The Labute approximate surface area is 168 Å². The second-order valence-corrected chi connectivity index (χ2v) is 8.37. The minimum absolute atomic E-state index is 0.0281. The van der Waals surface area contributed by atoms with Crippen molar-refractivity contribution in [3.63, 3.8) is 0 Å². The van der Waals surface area contributed by atoms with Crippen molar-refractivity contribution in [2.24, 2.45) is 0 Å². The van der Waals surface area contributed by atoms with Crippen LogP contribution in [0.4, 0.5) is 4.79 Å². The molecule has 28 heavy (non-hydrogen) atoms. The molecular formula is C24H32N3O+. The lowest BCUT2D eigenvalue weighted by atomic mass is 9.81. The Morgan fingerprint density at radius 3 is 2.14 bits per heavy atom. The summed E-state index contributed by atoms with van der Waals surface area (Å²) in [7, 11) is 0. The van der Waals surface area contributed by atoms with Crippen LogP contribution >= 0.6 is 0 Å². The molecule has 148 valence electrons. The van der Waals surface area contributed by atoms with E-state index in [9.17, 15) is 4.79 Å². The first-order chi connectivity index (χ1) is 13.8. The lowest BCUT2D eigenvalue weighted by Crippen LogP contribution is -3.21. The number of hydrogen-bond donors (Lipinski definition) is 3. The zero-order chi connectivity index (χ0) is 19.2. The summed E-state index contributed by atoms with van der Waals surface area (Å²) in [4.78, 5) is 14.1. The Morgan fingerprint density at radius 2 is 1.50 bits per heavy atom. The van der Waals surface area contributed by atoms with E-state index < -0.39 is 0 Å². The molecule has 2 amide bonds. The monoisotopic (exact) mass is 378 g/mol. The smallest absolute Gasteiger partial charge is 0.315 e. The maximum absolute atomic E-state index is 12.4. The molecule has 2 aliphatic heterocycles. The first kappa shape index (κ1) is 19.0. The quantitative estimate of drug-likeness (QED) is 0.711.